The molecule has 0 bridgehead atoms. The first-order valence-corrected chi connectivity index (χ1v) is 12.4. The van der Waals surface area contributed by atoms with Gasteiger partial charge in [-0.2, -0.15) is 0 Å². The van der Waals surface area contributed by atoms with Crippen molar-refractivity contribution in [1.82, 2.24) is 0 Å². The van der Waals surface area contributed by atoms with Crippen LogP contribution >= 0.6 is 7.60 Å². The lowest BCUT2D eigenvalue weighted by molar-refractivity contribution is 0.0526. The van der Waals surface area contributed by atoms with Gasteiger partial charge in [-0.1, -0.05) is 12.1 Å². The van der Waals surface area contributed by atoms with Crippen LogP contribution in [0.2, 0.25) is 0 Å². The number of nitrogens with one attached hydrogen (secondary N) is 1. The molecule has 32 heavy (non-hydrogen) atoms. The second kappa shape index (κ2) is 11.5. The second-order valence-corrected chi connectivity index (χ2v) is 10.2. The maximum atomic E-state index is 14.0. The van der Waals surface area contributed by atoms with E-state index in [1.165, 1.54) is 0 Å². The summed E-state index contributed by atoms with van der Waals surface area (Å²) in [6, 6.07) is 14.6. The van der Waals surface area contributed by atoms with Gasteiger partial charge in [-0.3, -0.25) is 4.57 Å². The summed E-state index contributed by atoms with van der Waals surface area (Å²) in [7, 11) is 0.300. The van der Waals surface area contributed by atoms with Crippen molar-refractivity contribution in [3.05, 3.63) is 59.7 Å². The van der Waals surface area contributed by atoms with Crippen LogP contribution in [0, 0.1) is 0 Å². The minimum absolute atomic E-state index is 0.295. The molecule has 0 spiro atoms. The van der Waals surface area contributed by atoms with Gasteiger partial charge in [0.25, 0.3) is 0 Å². The first kappa shape index (κ1) is 25.9. The zero-order valence-corrected chi connectivity index (χ0v) is 20.9. The molecule has 176 valence electrons. The molecule has 0 saturated carbocycles. The number of rotatable bonds is 11. The molecule has 0 aliphatic rings. The Bertz CT molecular complexity index is 897. The maximum Gasteiger partial charge on any atom is 0.357 e. The molecule has 8 heteroatoms. The molecular formula is C24H35N2O5P. The first-order chi connectivity index (χ1) is 15.1. The molecule has 0 aromatic heterocycles. The van der Waals surface area contributed by atoms with Crippen LogP contribution in [0.15, 0.2) is 48.5 Å². The Morgan fingerprint density at radius 1 is 0.938 bits per heavy atom. The molecule has 2 aromatic rings. The fourth-order valence-corrected chi connectivity index (χ4v) is 5.42. The van der Waals surface area contributed by atoms with Crippen molar-refractivity contribution in [2.45, 2.75) is 52.6 Å². The van der Waals surface area contributed by atoms with Crippen molar-refractivity contribution in [3.63, 3.8) is 0 Å². The van der Waals surface area contributed by atoms with Crippen LogP contribution in [0.1, 0.15) is 56.3 Å². The zero-order valence-electron chi connectivity index (χ0n) is 20.0. The number of carbonyl (C=O) groups is 1. The molecular weight excluding hydrogens is 427 g/mol. The maximum absolute atomic E-state index is 14.0. The van der Waals surface area contributed by atoms with E-state index < -0.39 is 13.4 Å². The predicted molar refractivity (Wildman–Crippen MR) is 130 cm³/mol. The highest BCUT2D eigenvalue weighted by Crippen LogP contribution is 2.62. The quantitative estimate of drug-likeness (QED) is 0.320. The highest BCUT2D eigenvalue weighted by atomic mass is 31.2. The number of hydrogen-bond donors (Lipinski definition) is 1. The van der Waals surface area contributed by atoms with Crippen molar-refractivity contribution in [1.29, 1.82) is 0 Å². The molecule has 1 N–H and O–H groups in total. The summed E-state index contributed by atoms with van der Waals surface area (Å²) in [5.74, 6) is -1.12. The lowest BCUT2D eigenvalue weighted by Gasteiger charge is -2.31. The molecule has 0 fully saturated rings. The van der Waals surface area contributed by atoms with Crippen LogP contribution < -0.4 is 10.2 Å². The van der Waals surface area contributed by atoms with Crippen LogP contribution in [-0.2, 0) is 18.3 Å². The minimum atomic E-state index is -3.63. The molecule has 1 atom stereocenters. The van der Waals surface area contributed by atoms with Gasteiger partial charge in [-0.15, -0.1) is 0 Å². The van der Waals surface area contributed by atoms with Crippen molar-refractivity contribution >= 4 is 24.9 Å². The Morgan fingerprint density at radius 3 is 1.91 bits per heavy atom. The first-order valence-electron chi connectivity index (χ1n) is 10.8. The smallest absolute Gasteiger partial charge is 0.357 e. The van der Waals surface area contributed by atoms with Gasteiger partial charge in [0.15, 0.2) is 5.78 Å². The SMILES string of the molecule is CCOC(=O)c1ccc(N[C@H](c2ccc(N(C)C)cc2)P(=O)(OC(C)C)OC(C)C)cc1. The highest BCUT2D eigenvalue weighted by Gasteiger charge is 2.39. The molecule has 0 saturated heterocycles. The van der Waals surface area contributed by atoms with Gasteiger partial charge in [-0.25, -0.2) is 4.79 Å². The monoisotopic (exact) mass is 462 g/mol. The van der Waals surface area contributed by atoms with Crippen LogP contribution in [0.5, 0.6) is 0 Å². The summed E-state index contributed by atoms with van der Waals surface area (Å²) in [6.45, 7) is 9.40. The number of nitrogens with zero attached hydrogens (tertiary/aromatic N) is 1. The Hall–Kier alpha value is -2.34. The number of hydrogen-bond acceptors (Lipinski definition) is 7. The summed E-state index contributed by atoms with van der Waals surface area (Å²) in [4.78, 5) is 14.0. The summed E-state index contributed by atoms with van der Waals surface area (Å²) < 4.78 is 30.9. The van der Waals surface area contributed by atoms with Crippen molar-refractivity contribution in [3.8, 4) is 0 Å². The third-order valence-electron chi connectivity index (χ3n) is 4.46. The van der Waals surface area contributed by atoms with Crippen molar-refractivity contribution in [2.75, 3.05) is 30.9 Å². The molecule has 0 amide bonds. The summed E-state index contributed by atoms with van der Waals surface area (Å²) in [6.07, 6.45) is -0.591. The average Bonchev–Trinajstić information content (AvgIpc) is 2.71. The van der Waals surface area contributed by atoms with Crippen molar-refractivity contribution < 1.29 is 23.1 Å². The second-order valence-electron chi connectivity index (χ2n) is 8.18. The van der Waals surface area contributed by atoms with Crippen LogP contribution in [-0.4, -0.2) is 38.9 Å². The highest BCUT2D eigenvalue weighted by molar-refractivity contribution is 7.54. The number of ether oxygens (including phenoxy) is 1. The third kappa shape index (κ3) is 7.09. The van der Waals surface area contributed by atoms with Gasteiger partial charge < -0.3 is 24.0 Å². The van der Waals surface area contributed by atoms with E-state index in [1.807, 2.05) is 71.0 Å². The van der Waals surface area contributed by atoms with E-state index in [2.05, 4.69) is 5.32 Å². The van der Waals surface area contributed by atoms with Crippen LogP contribution in [0.4, 0.5) is 11.4 Å². The Labute approximate surface area is 191 Å². The number of anilines is 2. The number of carbonyl (C=O) groups excluding carboxylic acids is 1. The minimum Gasteiger partial charge on any atom is -0.462 e. The molecule has 2 aromatic carbocycles. The van der Waals surface area contributed by atoms with Gasteiger partial charge in [0.1, 0.15) is 0 Å². The molecule has 0 unspecified atom stereocenters. The average molecular weight is 463 g/mol. The molecule has 0 aliphatic carbocycles. The largest absolute Gasteiger partial charge is 0.462 e. The van der Waals surface area contributed by atoms with E-state index in [0.29, 0.717) is 17.9 Å². The Morgan fingerprint density at radius 2 is 1.47 bits per heavy atom. The summed E-state index contributed by atoms with van der Waals surface area (Å²) in [5.41, 5.74) is 2.93. The molecule has 0 heterocycles. The van der Waals surface area contributed by atoms with Crippen LogP contribution in [0.25, 0.3) is 0 Å². The van der Waals surface area contributed by atoms with Gasteiger partial charge in [0.05, 0.1) is 24.4 Å². The predicted octanol–water partition coefficient (Wildman–Crippen LogP) is 6.08. The van der Waals surface area contributed by atoms with Gasteiger partial charge in [0.2, 0.25) is 0 Å². The van der Waals surface area contributed by atoms with Gasteiger partial charge in [0, 0.05) is 25.5 Å². The lowest BCUT2D eigenvalue weighted by Crippen LogP contribution is -2.19. The van der Waals surface area contributed by atoms with E-state index in [1.54, 1.807) is 31.2 Å². The third-order valence-corrected chi connectivity index (χ3v) is 6.95. The van der Waals surface area contributed by atoms with E-state index in [0.717, 1.165) is 11.3 Å². The van der Waals surface area contributed by atoms with E-state index in [9.17, 15) is 9.36 Å². The lowest BCUT2D eigenvalue weighted by atomic mass is 10.1. The fourth-order valence-electron chi connectivity index (χ4n) is 3.11. The van der Waals surface area contributed by atoms with E-state index in [4.69, 9.17) is 13.8 Å². The number of benzene rings is 2. The fraction of sp³-hybridized carbons (Fsp3) is 0.458. The topological polar surface area (TPSA) is 77.1 Å². The molecule has 0 radical (unpaired) electrons. The zero-order chi connectivity index (χ0) is 23.9. The van der Waals surface area contributed by atoms with Gasteiger partial charge >= 0.3 is 13.6 Å². The van der Waals surface area contributed by atoms with E-state index >= 15 is 0 Å². The van der Waals surface area contributed by atoms with Gasteiger partial charge in [-0.05, 0) is 76.6 Å². The normalized spacial score (nSPS) is 12.7. The summed E-state index contributed by atoms with van der Waals surface area (Å²) in [5, 5.41) is 3.31. The standard InChI is InChI=1S/C24H35N2O5P/c1-8-29-24(27)20-9-13-21(14-10-20)25-23(19-11-15-22(16-12-19)26(6)7)32(28,30-17(2)3)31-18(4)5/h9-18,23,25H,8H2,1-7H3/t23-/m0/s1. The molecule has 0 aliphatic heterocycles. The Balaban J connectivity index is 2.45. The van der Waals surface area contributed by atoms with Crippen LogP contribution in [0.3, 0.4) is 0 Å². The summed E-state index contributed by atoms with van der Waals surface area (Å²) >= 11 is 0. The number of esters is 1. The molecule has 7 nitrogen and oxygen atoms in total. The Kier molecular flexibility index (Phi) is 9.32. The molecule has 2 rings (SSSR count). The van der Waals surface area contributed by atoms with E-state index in [-0.39, 0.29) is 18.2 Å². The van der Waals surface area contributed by atoms with Crippen molar-refractivity contribution in [2.24, 2.45) is 0 Å².